The summed E-state index contributed by atoms with van der Waals surface area (Å²) in [6, 6.07) is 12.4. The van der Waals surface area contributed by atoms with Crippen molar-refractivity contribution >= 4 is 23.4 Å². The van der Waals surface area contributed by atoms with E-state index in [4.69, 9.17) is 14.0 Å². The van der Waals surface area contributed by atoms with Gasteiger partial charge in [-0.3, -0.25) is 4.79 Å². The predicted molar refractivity (Wildman–Crippen MR) is 115 cm³/mol. The topological polar surface area (TPSA) is 93.9 Å². The Hall–Kier alpha value is -3.72. The molecular weight excluding hydrogens is 417 g/mol. The van der Waals surface area contributed by atoms with E-state index in [9.17, 15) is 14.0 Å². The molecule has 1 aliphatic rings. The van der Waals surface area contributed by atoms with Gasteiger partial charge in [0, 0.05) is 24.3 Å². The highest BCUT2D eigenvalue weighted by Crippen LogP contribution is 2.33. The van der Waals surface area contributed by atoms with Gasteiger partial charge in [-0.25, -0.2) is 9.18 Å². The third kappa shape index (κ3) is 4.47. The minimum Gasteiger partial charge on any atom is -0.462 e. The molecule has 0 unspecified atom stereocenters. The van der Waals surface area contributed by atoms with Crippen LogP contribution >= 0.6 is 0 Å². The minimum absolute atomic E-state index is 0.116. The van der Waals surface area contributed by atoms with Gasteiger partial charge < -0.3 is 24.2 Å². The van der Waals surface area contributed by atoms with Gasteiger partial charge in [0.2, 0.25) is 5.88 Å². The Morgan fingerprint density at radius 1 is 1.12 bits per heavy atom. The molecule has 2 aromatic carbocycles. The summed E-state index contributed by atoms with van der Waals surface area (Å²) in [6.45, 7) is 3.98. The first-order chi connectivity index (χ1) is 15.6. The number of ether oxygens (including phenoxy) is 2. The molecule has 166 valence electrons. The van der Waals surface area contributed by atoms with Crippen LogP contribution in [0.4, 0.5) is 16.0 Å². The largest absolute Gasteiger partial charge is 0.462 e. The number of benzene rings is 2. The van der Waals surface area contributed by atoms with Gasteiger partial charge in [0.1, 0.15) is 17.1 Å². The van der Waals surface area contributed by atoms with E-state index in [1.165, 1.54) is 6.07 Å². The number of rotatable bonds is 6. The first kappa shape index (κ1) is 21.5. The van der Waals surface area contributed by atoms with Crippen LogP contribution in [-0.2, 0) is 9.47 Å². The molecule has 8 nitrogen and oxygen atoms in total. The molecule has 1 amide bonds. The number of halogens is 1. The summed E-state index contributed by atoms with van der Waals surface area (Å²) in [6.07, 6.45) is 0. The van der Waals surface area contributed by atoms with Gasteiger partial charge in [-0.2, -0.15) is 0 Å². The maximum atomic E-state index is 14.5. The molecule has 32 heavy (non-hydrogen) atoms. The highest BCUT2D eigenvalue weighted by Gasteiger charge is 2.30. The summed E-state index contributed by atoms with van der Waals surface area (Å²) in [5.74, 6) is -1.20. The van der Waals surface area contributed by atoms with Crippen molar-refractivity contribution in [3.63, 3.8) is 0 Å². The number of hydrogen-bond donors (Lipinski definition) is 1. The molecule has 0 bridgehead atoms. The fourth-order valence-corrected chi connectivity index (χ4v) is 3.40. The molecule has 1 aliphatic heterocycles. The summed E-state index contributed by atoms with van der Waals surface area (Å²) in [5.41, 5.74) is 1.24. The van der Waals surface area contributed by atoms with Crippen molar-refractivity contribution in [2.24, 2.45) is 0 Å². The highest BCUT2D eigenvalue weighted by atomic mass is 19.1. The number of nitrogens with zero attached hydrogens (tertiary/aromatic N) is 2. The molecule has 0 radical (unpaired) electrons. The third-order valence-electron chi connectivity index (χ3n) is 4.98. The van der Waals surface area contributed by atoms with Crippen molar-refractivity contribution in [2.75, 3.05) is 43.1 Å². The number of nitrogens with one attached hydrogen (secondary N) is 1. The summed E-state index contributed by atoms with van der Waals surface area (Å²) in [5, 5.41) is 6.80. The van der Waals surface area contributed by atoms with Crippen molar-refractivity contribution in [1.29, 1.82) is 0 Å². The number of amides is 1. The lowest BCUT2D eigenvalue weighted by molar-refractivity contribution is 0.0526. The molecule has 0 spiro atoms. The van der Waals surface area contributed by atoms with Crippen LogP contribution in [0.2, 0.25) is 0 Å². The Balaban J connectivity index is 1.66. The lowest BCUT2D eigenvalue weighted by Gasteiger charge is -2.26. The summed E-state index contributed by atoms with van der Waals surface area (Å²) in [4.78, 5) is 27.0. The van der Waals surface area contributed by atoms with Crippen molar-refractivity contribution in [2.45, 2.75) is 6.92 Å². The Bertz CT molecular complexity index is 1110. The molecule has 2 heterocycles. The molecule has 1 aromatic heterocycles. The van der Waals surface area contributed by atoms with Crippen molar-refractivity contribution in [3.05, 3.63) is 65.5 Å². The van der Waals surface area contributed by atoms with Crippen LogP contribution in [0, 0.1) is 5.82 Å². The molecule has 3 aromatic rings. The van der Waals surface area contributed by atoms with Crippen LogP contribution in [0.15, 0.2) is 53.1 Å². The van der Waals surface area contributed by atoms with E-state index in [1.54, 1.807) is 49.4 Å². The number of morpholine rings is 1. The normalized spacial score (nSPS) is 13.6. The van der Waals surface area contributed by atoms with Gasteiger partial charge in [-0.05, 0) is 43.3 Å². The molecule has 9 heteroatoms. The zero-order valence-electron chi connectivity index (χ0n) is 17.5. The third-order valence-corrected chi connectivity index (χ3v) is 4.98. The Morgan fingerprint density at radius 3 is 2.53 bits per heavy atom. The maximum absolute atomic E-state index is 14.5. The summed E-state index contributed by atoms with van der Waals surface area (Å²) >= 11 is 0. The van der Waals surface area contributed by atoms with Gasteiger partial charge in [-0.1, -0.05) is 17.3 Å². The lowest BCUT2D eigenvalue weighted by atomic mass is 10.1. The van der Waals surface area contributed by atoms with E-state index >= 15 is 0 Å². The highest BCUT2D eigenvalue weighted by molar-refractivity contribution is 6.11. The second kappa shape index (κ2) is 9.61. The number of carbonyl (C=O) groups is 2. The smallest absolute Gasteiger partial charge is 0.338 e. The minimum atomic E-state index is -0.512. The van der Waals surface area contributed by atoms with Gasteiger partial charge >= 0.3 is 5.97 Å². The molecule has 1 N–H and O–H groups in total. The quantitative estimate of drug-likeness (QED) is 0.585. The van der Waals surface area contributed by atoms with Crippen LogP contribution in [0.3, 0.4) is 0 Å². The van der Waals surface area contributed by atoms with Crippen LogP contribution in [0.1, 0.15) is 27.6 Å². The van der Waals surface area contributed by atoms with E-state index in [2.05, 4.69) is 10.5 Å². The SMILES string of the molecule is CCOC(=O)c1ccc(NC(=O)c2c(-c3ccccc3F)noc2N2CCOCC2)cc1. The zero-order chi connectivity index (χ0) is 22.5. The second-order valence-electron chi connectivity index (χ2n) is 7.04. The van der Waals surface area contributed by atoms with Crippen molar-refractivity contribution < 1.29 is 28.0 Å². The fourth-order valence-electron chi connectivity index (χ4n) is 3.40. The van der Waals surface area contributed by atoms with Gasteiger partial charge in [0.15, 0.2) is 0 Å². The Kier molecular flexibility index (Phi) is 6.46. The van der Waals surface area contributed by atoms with E-state index in [1.807, 2.05) is 4.90 Å². The molecule has 0 atom stereocenters. The second-order valence-corrected chi connectivity index (χ2v) is 7.04. The van der Waals surface area contributed by atoms with Gasteiger partial charge in [0.25, 0.3) is 5.91 Å². The summed E-state index contributed by atoms with van der Waals surface area (Å²) < 4.78 is 30.3. The molecule has 1 fully saturated rings. The van der Waals surface area contributed by atoms with Crippen molar-refractivity contribution in [1.82, 2.24) is 5.16 Å². The standard InChI is InChI=1S/C23H22FN3O5/c1-2-31-23(29)15-7-9-16(10-8-15)25-21(28)19-20(17-5-3-4-6-18(17)24)26-32-22(19)27-11-13-30-14-12-27/h3-10H,2,11-14H2,1H3,(H,25,28). The molecule has 4 rings (SSSR count). The van der Waals surface area contributed by atoms with Crippen LogP contribution in [0.5, 0.6) is 0 Å². The van der Waals surface area contributed by atoms with Gasteiger partial charge in [0.05, 0.1) is 25.4 Å². The number of hydrogen-bond acceptors (Lipinski definition) is 7. The number of esters is 1. The molecule has 1 saturated heterocycles. The monoisotopic (exact) mass is 439 g/mol. The number of carbonyl (C=O) groups excluding carboxylic acids is 2. The average molecular weight is 439 g/mol. The van der Waals surface area contributed by atoms with E-state index in [0.29, 0.717) is 37.6 Å². The maximum Gasteiger partial charge on any atom is 0.338 e. The lowest BCUT2D eigenvalue weighted by Crippen LogP contribution is -2.37. The molecule has 0 aliphatic carbocycles. The van der Waals surface area contributed by atoms with E-state index in [0.717, 1.165) is 0 Å². The van der Waals surface area contributed by atoms with Crippen LogP contribution in [0.25, 0.3) is 11.3 Å². The van der Waals surface area contributed by atoms with Crippen LogP contribution in [-0.4, -0.2) is 49.9 Å². The molecule has 0 saturated carbocycles. The number of anilines is 2. The Morgan fingerprint density at radius 2 is 1.84 bits per heavy atom. The first-order valence-electron chi connectivity index (χ1n) is 10.2. The fraction of sp³-hybridized carbons (Fsp3) is 0.261. The first-order valence-corrected chi connectivity index (χ1v) is 10.2. The van der Waals surface area contributed by atoms with E-state index in [-0.39, 0.29) is 29.3 Å². The number of aromatic nitrogens is 1. The predicted octanol–water partition coefficient (Wildman–Crippen LogP) is 3.75. The zero-order valence-corrected chi connectivity index (χ0v) is 17.5. The summed E-state index contributed by atoms with van der Waals surface area (Å²) in [7, 11) is 0. The molecular formula is C23H22FN3O5. The van der Waals surface area contributed by atoms with Crippen LogP contribution < -0.4 is 10.2 Å². The van der Waals surface area contributed by atoms with E-state index < -0.39 is 17.7 Å². The van der Waals surface area contributed by atoms with Crippen molar-refractivity contribution in [3.8, 4) is 11.3 Å². The average Bonchev–Trinajstić information content (AvgIpc) is 3.26. The van der Waals surface area contributed by atoms with Gasteiger partial charge in [-0.15, -0.1) is 0 Å². The Labute approximate surface area is 183 Å².